The number of aromatic nitrogens is 1. The molecule has 0 spiro atoms. The largest absolute Gasteiger partial charge is 0.459 e. The van der Waals surface area contributed by atoms with Gasteiger partial charge in [0.1, 0.15) is 35.3 Å². The number of fused-ring (bicyclic) bond motifs is 15. The molecule has 2 bridgehead atoms. The highest BCUT2D eigenvalue weighted by atomic mass is 32.1. The fraction of sp³-hybridized carbons (Fsp3) is 0.721. The number of aliphatic hydroxyl groups is 2. The standard InChI is InChI=1S/C43H67N5O10S/c1-12-34-43(8,52)38-24(2)20-48(11)25(3)19-42(7,54-22-29(21-53-38)46-55-23-30-16-17-33(59-30)31-14-13-15-35(44)45-31)39(27(5)36(49)28(6)40(51)57-34)58-41-37(50)32(47(9)10)18-26(4)56-41/h13-17,24-28,32,34,37-39,41,50,52H,12,18-23H2,1-11H3,(H2,44,45)/b46-29+/t24-,25+,26+,27-,28+,32-,34+,37+,38+,39+,41-,42+,43+/m0/s1. The van der Waals surface area contributed by atoms with Crippen LogP contribution in [0.2, 0.25) is 0 Å². The first-order chi connectivity index (χ1) is 27.7. The molecule has 6 heterocycles. The second kappa shape index (κ2) is 19.8. The van der Waals surface area contributed by atoms with Gasteiger partial charge in [0.05, 0.1) is 47.7 Å². The molecule has 13 atom stereocenters. The molecule has 0 radical (unpaired) electrons. The van der Waals surface area contributed by atoms with Gasteiger partial charge in [-0.3, -0.25) is 9.59 Å². The monoisotopic (exact) mass is 845 g/mol. The molecule has 4 aliphatic heterocycles. The predicted molar refractivity (Wildman–Crippen MR) is 226 cm³/mol. The zero-order valence-electron chi connectivity index (χ0n) is 36.6. The van der Waals surface area contributed by atoms with E-state index in [1.54, 1.807) is 19.9 Å². The number of oxime groups is 1. The van der Waals surface area contributed by atoms with E-state index < -0.39 is 65.5 Å². The number of hydrogen-bond acceptors (Lipinski definition) is 16. The van der Waals surface area contributed by atoms with Crippen LogP contribution in [0.15, 0.2) is 35.5 Å². The Kier molecular flexibility index (Phi) is 15.7. The number of aliphatic hydroxyl groups excluding tert-OH is 1. The molecule has 4 N–H and O–H groups in total. The molecule has 0 unspecified atom stereocenters. The van der Waals surface area contributed by atoms with Crippen molar-refractivity contribution in [1.82, 2.24) is 14.8 Å². The number of carbonyl (C=O) groups is 2. The molecule has 0 aliphatic carbocycles. The summed E-state index contributed by atoms with van der Waals surface area (Å²) in [6, 6.07) is 8.98. The highest BCUT2D eigenvalue weighted by Gasteiger charge is 2.52. The van der Waals surface area contributed by atoms with Crippen LogP contribution < -0.4 is 5.73 Å². The van der Waals surface area contributed by atoms with Crippen molar-refractivity contribution < 1.29 is 48.3 Å². The number of nitrogens with two attached hydrogens (primary N) is 1. The SMILES string of the molecule is CC[C@H]1OC(=O)[C@H](C)C(=O)[C@H](C)[C@@H](O[C@@H]2O[C@H](C)C[C@H](N(C)C)[C@H]2O)[C@@]2(C)C[C@@H](C)N(C)C[C@H](C)[C@@H](OC/C(=N\OCc3ccc(-c4cccc(N)n4)s3)CO2)[C@]1(C)O. The minimum atomic E-state index is -1.67. The number of thiophene rings is 1. The van der Waals surface area contributed by atoms with Crippen molar-refractivity contribution in [3.05, 3.63) is 35.2 Å². The second-order valence-corrected chi connectivity index (χ2v) is 18.7. The van der Waals surface area contributed by atoms with Gasteiger partial charge < -0.3 is 54.3 Å². The third kappa shape index (κ3) is 11.1. The van der Waals surface area contributed by atoms with Crippen molar-refractivity contribution in [2.45, 2.75) is 141 Å². The lowest BCUT2D eigenvalue weighted by molar-refractivity contribution is -0.296. The lowest BCUT2D eigenvalue weighted by Gasteiger charge is -2.48. The van der Waals surface area contributed by atoms with Gasteiger partial charge in [-0.25, -0.2) is 4.98 Å². The van der Waals surface area contributed by atoms with Crippen LogP contribution in [0.3, 0.4) is 0 Å². The van der Waals surface area contributed by atoms with E-state index >= 15 is 0 Å². The molecule has 2 aromatic rings. The number of carbonyl (C=O) groups excluding carboxylic acids is 2. The number of ketones is 1. The van der Waals surface area contributed by atoms with E-state index in [0.717, 1.165) is 15.4 Å². The smallest absolute Gasteiger partial charge is 0.316 e. The molecule has 16 heteroatoms. The van der Waals surface area contributed by atoms with E-state index in [1.807, 2.05) is 78.0 Å². The van der Waals surface area contributed by atoms with E-state index in [0.29, 0.717) is 30.9 Å². The number of rotatable bonds is 8. The summed E-state index contributed by atoms with van der Waals surface area (Å²) < 4.78 is 32.7. The Hall–Kier alpha value is -3.06. The number of hydrogen-bond donors (Lipinski definition) is 3. The first kappa shape index (κ1) is 47.0. The Morgan fingerprint density at radius 2 is 1.83 bits per heavy atom. The van der Waals surface area contributed by atoms with Crippen LogP contribution in [0.1, 0.15) is 79.5 Å². The number of likely N-dealkylation sites (N-methyl/N-ethyl adjacent to an activating group) is 1. The molecule has 59 heavy (non-hydrogen) atoms. The number of esters is 1. The molecule has 0 amide bonds. The number of nitrogen functional groups attached to an aromatic ring is 1. The minimum Gasteiger partial charge on any atom is -0.459 e. The molecule has 0 aromatic carbocycles. The van der Waals surface area contributed by atoms with Crippen LogP contribution in [0.4, 0.5) is 5.82 Å². The van der Waals surface area contributed by atoms with Crippen LogP contribution in [0.5, 0.6) is 0 Å². The molecule has 330 valence electrons. The maximum Gasteiger partial charge on any atom is 0.316 e. The van der Waals surface area contributed by atoms with Crippen LogP contribution in [0.25, 0.3) is 10.6 Å². The molecule has 4 fully saturated rings. The summed E-state index contributed by atoms with van der Waals surface area (Å²) in [7, 11) is 5.79. The highest BCUT2D eigenvalue weighted by molar-refractivity contribution is 7.15. The number of pyridine rings is 1. The van der Waals surface area contributed by atoms with Gasteiger partial charge in [-0.2, -0.15) is 0 Å². The molecule has 0 saturated carbocycles. The van der Waals surface area contributed by atoms with Crippen LogP contribution in [-0.2, 0) is 44.7 Å². The van der Waals surface area contributed by atoms with Gasteiger partial charge in [0.15, 0.2) is 18.7 Å². The van der Waals surface area contributed by atoms with Gasteiger partial charge in [-0.1, -0.05) is 32.0 Å². The zero-order valence-corrected chi connectivity index (χ0v) is 37.4. The van der Waals surface area contributed by atoms with Gasteiger partial charge >= 0.3 is 5.97 Å². The first-order valence-electron chi connectivity index (χ1n) is 20.8. The van der Waals surface area contributed by atoms with Crippen molar-refractivity contribution in [3.63, 3.8) is 0 Å². The summed E-state index contributed by atoms with van der Waals surface area (Å²) in [5, 5.41) is 28.5. The molecule has 15 nitrogen and oxygen atoms in total. The summed E-state index contributed by atoms with van der Waals surface area (Å²) in [4.78, 5) is 44.7. The van der Waals surface area contributed by atoms with Crippen LogP contribution in [-0.4, -0.2) is 143 Å². The lowest BCUT2D eigenvalue weighted by Crippen LogP contribution is -2.60. The summed E-state index contributed by atoms with van der Waals surface area (Å²) in [5.41, 5.74) is 4.18. The topological polar surface area (TPSA) is 188 Å². The Balaban J connectivity index is 1.58. The number of anilines is 1. The highest BCUT2D eigenvalue weighted by Crippen LogP contribution is 2.38. The van der Waals surface area contributed by atoms with E-state index in [2.05, 4.69) is 22.0 Å². The Labute approximate surface area is 353 Å². The average molecular weight is 846 g/mol. The lowest BCUT2D eigenvalue weighted by atomic mass is 9.79. The van der Waals surface area contributed by atoms with E-state index in [-0.39, 0.29) is 50.3 Å². The first-order valence-corrected chi connectivity index (χ1v) is 21.6. The quantitative estimate of drug-likeness (QED) is 0.191. The van der Waals surface area contributed by atoms with Gasteiger partial charge in [-0.05, 0) is 105 Å². The van der Waals surface area contributed by atoms with E-state index in [9.17, 15) is 19.8 Å². The fourth-order valence-corrected chi connectivity index (χ4v) is 9.71. The Morgan fingerprint density at radius 3 is 2.51 bits per heavy atom. The number of Topliss-reactive ketones (excluding diaryl/α,β-unsaturated/α-hetero) is 1. The van der Waals surface area contributed by atoms with Crippen molar-refractivity contribution in [2.75, 3.05) is 46.6 Å². The maximum atomic E-state index is 14.5. The summed E-state index contributed by atoms with van der Waals surface area (Å²) in [6.07, 6.45) is -4.05. The number of nitrogens with zero attached hydrogens (tertiary/aromatic N) is 4. The molecule has 4 aliphatic rings. The van der Waals surface area contributed by atoms with Crippen molar-refractivity contribution >= 4 is 34.6 Å². The summed E-state index contributed by atoms with van der Waals surface area (Å²) >= 11 is 1.51. The molecule has 6 rings (SSSR count). The van der Waals surface area contributed by atoms with Crippen molar-refractivity contribution in [2.24, 2.45) is 22.9 Å². The zero-order chi connectivity index (χ0) is 43.4. The van der Waals surface area contributed by atoms with Crippen LogP contribution >= 0.6 is 11.3 Å². The summed E-state index contributed by atoms with van der Waals surface area (Å²) in [6.45, 7) is 15.0. The van der Waals surface area contributed by atoms with Crippen molar-refractivity contribution in [3.8, 4) is 10.6 Å². The summed E-state index contributed by atoms with van der Waals surface area (Å²) in [5.74, 6) is -3.17. The van der Waals surface area contributed by atoms with E-state index in [1.165, 1.54) is 18.3 Å². The molecule has 2 aromatic heterocycles. The van der Waals surface area contributed by atoms with Gasteiger partial charge in [0.25, 0.3) is 0 Å². The molecule has 4 saturated heterocycles. The molecular weight excluding hydrogens is 779 g/mol. The third-order valence-corrected chi connectivity index (χ3v) is 13.4. The second-order valence-electron chi connectivity index (χ2n) is 17.5. The fourth-order valence-electron chi connectivity index (χ4n) is 8.83. The van der Waals surface area contributed by atoms with Gasteiger partial charge in [0, 0.05) is 29.4 Å². The van der Waals surface area contributed by atoms with Gasteiger partial charge in [-0.15, -0.1) is 11.3 Å². The van der Waals surface area contributed by atoms with Gasteiger partial charge in [0.2, 0.25) is 0 Å². The van der Waals surface area contributed by atoms with Crippen LogP contribution in [0, 0.1) is 17.8 Å². The van der Waals surface area contributed by atoms with Crippen molar-refractivity contribution in [1.29, 1.82) is 0 Å². The normalized spacial score (nSPS) is 37.9. The third-order valence-electron chi connectivity index (χ3n) is 12.3. The maximum absolute atomic E-state index is 14.5. The molecular formula is C43H67N5O10S. The van der Waals surface area contributed by atoms with E-state index in [4.69, 9.17) is 34.3 Å². The predicted octanol–water partition coefficient (Wildman–Crippen LogP) is 4.52. The number of ether oxygens (including phenoxy) is 5. The Bertz CT molecular complexity index is 1760. The Morgan fingerprint density at radius 1 is 1.10 bits per heavy atom. The average Bonchev–Trinajstić information content (AvgIpc) is 3.66. The minimum absolute atomic E-state index is 0.0866.